The van der Waals surface area contributed by atoms with Crippen LogP contribution in [0.5, 0.6) is 0 Å². The minimum atomic E-state index is -5.94. The third kappa shape index (κ3) is 4.47. The molecule has 0 aliphatic carbocycles. The minimum Gasteiger partial charge on any atom is -0.350 e. The Morgan fingerprint density at radius 2 is 1.38 bits per heavy atom. The fourth-order valence-corrected chi connectivity index (χ4v) is 0.436. The molecule has 0 aliphatic rings. The number of pyridine rings is 1. The van der Waals surface area contributed by atoms with E-state index in [9.17, 15) is 26.3 Å². The summed E-state index contributed by atoms with van der Waals surface area (Å²) in [6.07, 6.45) is -6.92. The van der Waals surface area contributed by atoms with Gasteiger partial charge in [-0.15, -0.1) is 0 Å². The highest BCUT2D eigenvalue weighted by molar-refractivity contribution is 4.88. The van der Waals surface area contributed by atoms with Crippen molar-refractivity contribution in [1.29, 1.82) is 0 Å². The molecule has 0 radical (unpaired) electrons. The van der Waals surface area contributed by atoms with Crippen molar-refractivity contribution >= 4 is 0 Å². The highest BCUT2D eigenvalue weighted by Crippen LogP contribution is 2.36. The molecule has 1 aromatic rings. The van der Waals surface area contributed by atoms with E-state index >= 15 is 0 Å². The first kappa shape index (κ1) is 14.7. The first-order valence-electron chi connectivity index (χ1n) is 3.80. The van der Waals surface area contributed by atoms with Gasteiger partial charge in [0.2, 0.25) is 0 Å². The van der Waals surface area contributed by atoms with Crippen molar-refractivity contribution in [2.24, 2.45) is 0 Å². The maximum Gasteiger partial charge on any atom is 0.454 e. The average Bonchev–Trinajstić information content (AvgIpc) is 2.19. The van der Waals surface area contributed by atoms with Crippen LogP contribution in [0.15, 0.2) is 30.6 Å². The zero-order valence-corrected chi connectivity index (χ0v) is 7.63. The van der Waals surface area contributed by atoms with E-state index in [0.29, 0.717) is 0 Å². The predicted molar refractivity (Wildman–Crippen MR) is 42.4 cm³/mol. The van der Waals surface area contributed by atoms with E-state index < -0.39 is 18.5 Å². The van der Waals surface area contributed by atoms with Crippen LogP contribution in [0.1, 0.15) is 0 Å². The van der Waals surface area contributed by atoms with Crippen LogP contribution >= 0.6 is 0 Å². The van der Waals surface area contributed by atoms with Crippen LogP contribution in [0.25, 0.3) is 0 Å². The lowest BCUT2D eigenvalue weighted by atomic mass is 10.3. The Morgan fingerprint density at radius 3 is 1.44 bits per heavy atom. The molecular weight excluding hydrogens is 240 g/mol. The molecule has 1 aromatic heterocycles. The van der Waals surface area contributed by atoms with Crippen molar-refractivity contribution in [1.82, 2.24) is 4.98 Å². The van der Waals surface area contributed by atoms with Gasteiger partial charge in [0.25, 0.3) is 0 Å². The lowest BCUT2D eigenvalue weighted by Crippen LogP contribution is -2.47. The van der Waals surface area contributed by atoms with Gasteiger partial charge in [-0.3, -0.25) is 4.98 Å². The molecule has 1 heterocycles. The largest absolute Gasteiger partial charge is 0.454 e. The highest BCUT2D eigenvalue weighted by Gasteiger charge is 2.62. The van der Waals surface area contributed by atoms with Gasteiger partial charge < -0.3 is 5.11 Å². The van der Waals surface area contributed by atoms with Gasteiger partial charge in [-0.25, -0.2) is 8.78 Å². The molecule has 0 aromatic carbocycles. The quantitative estimate of drug-likeness (QED) is 0.773. The Kier molecular flexibility index (Phi) is 5.22. The van der Waals surface area contributed by atoms with Crippen molar-refractivity contribution in [3.63, 3.8) is 0 Å². The normalized spacial score (nSPS) is 15.0. The fourth-order valence-electron chi connectivity index (χ4n) is 0.436. The van der Waals surface area contributed by atoms with Crippen LogP contribution in [0.3, 0.4) is 0 Å². The summed E-state index contributed by atoms with van der Waals surface area (Å²) in [5.41, 5.74) is 0. The second-order valence-electron chi connectivity index (χ2n) is 2.50. The van der Waals surface area contributed by atoms with Crippen LogP contribution in [-0.2, 0) is 0 Å². The number of rotatable bonds is 1. The summed E-state index contributed by atoms with van der Waals surface area (Å²) in [6.45, 7) is 0. The number of aliphatic hydroxyl groups is 1. The summed E-state index contributed by atoms with van der Waals surface area (Å²) < 4.78 is 66.3. The Labute approximate surface area is 86.5 Å². The minimum absolute atomic E-state index is 1.75. The number of aromatic nitrogens is 1. The Hall–Kier alpha value is -1.31. The number of alkyl halides is 6. The second kappa shape index (κ2) is 5.69. The summed E-state index contributed by atoms with van der Waals surface area (Å²) in [5, 5.41) is 7.39. The van der Waals surface area contributed by atoms with Gasteiger partial charge in [0.05, 0.1) is 0 Å². The molecule has 1 atom stereocenters. The Morgan fingerprint density at radius 1 is 0.938 bits per heavy atom. The molecule has 0 fully saturated rings. The van der Waals surface area contributed by atoms with E-state index in [2.05, 4.69) is 4.98 Å². The van der Waals surface area contributed by atoms with Crippen LogP contribution in [0.2, 0.25) is 0 Å². The van der Waals surface area contributed by atoms with Gasteiger partial charge in [0.1, 0.15) is 0 Å². The SMILES string of the molecule is OC(F)(C(F)F)C(F)(F)F.c1ccncc1. The predicted octanol–water partition coefficient (Wildman–Crippen LogP) is 2.55. The molecule has 1 unspecified atom stereocenters. The van der Waals surface area contributed by atoms with E-state index in [1.54, 1.807) is 12.4 Å². The third-order valence-electron chi connectivity index (χ3n) is 1.25. The number of halogens is 6. The van der Waals surface area contributed by atoms with Gasteiger partial charge in [0, 0.05) is 12.4 Å². The molecule has 0 saturated heterocycles. The molecule has 0 bridgehead atoms. The second-order valence-corrected chi connectivity index (χ2v) is 2.50. The molecule has 1 N–H and O–H groups in total. The molecule has 1 rings (SSSR count). The summed E-state index contributed by atoms with van der Waals surface area (Å²) in [5.74, 6) is -5.40. The molecule has 2 nitrogen and oxygen atoms in total. The van der Waals surface area contributed by atoms with E-state index in [4.69, 9.17) is 5.11 Å². The molecule has 92 valence electrons. The van der Waals surface area contributed by atoms with Crippen molar-refractivity contribution in [2.45, 2.75) is 18.5 Å². The summed E-state index contributed by atoms with van der Waals surface area (Å²) >= 11 is 0. The zero-order valence-electron chi connectivity index (χ0n) is 7.63. The van der Waals surface area contributed by atoms with Crippen LogP contribution < -0.4 is 0 Å². The molecule has 8 heteroatoms. The van der Waals surface area contributed by atoms with Crippen molar-refractivity contribution < 1.29 is 31.4 Å². The van der Waals surface area contributed by atoms with Crippen LogP contribution in [0, 0.1) is 0 Å². The molecule has 16 heavy (non-hydrogen) atoms. The fraction of sp³-hybridized carbons (Fsp3) is 0.375. The first-order chi connectivity index (χ1) is 7.19. The van der Waals surface area contributed by atoms with Gasteiger partial charge in [-0.05, 0) is 12.1 Å². The topological polar surface area (TPSA) is 33.1 Å². The van der Waals surface area contributed by atoms with E-state index in [1.165, 1.54) is 0 Å². The van der Waals surface area contributed by atoms with Crippen molar-refractivity contribution in [3.8, 4) is 0 Å². The van der Waals surface area contributed by atoms with Crippen molar-refractivity contribution in [2.75, 3.05) is 0 Å². The van der Waals surface area contributed by atoms with Gasteiger partial charge in [-0.1, -0.05) is 6.07 Å². The summed E-state index contributed by atoms with van der Waals surface area (Å²) in [6, 6.07) is 5.72. The third-order valence-corrected chi connectivity index (χ3v) is 1.25. The lowest BCUT2D eigenvalue weighted by Gasteiger charge is -2.20. The first-order valence-corrected chi connectivity index (χ1v) is 3.80. The lowest BCUT2D eigenvalue weighted by molar-refractivity contribution is -0.352. The number of nitrogens with zero attached hydrogens (tertiary/aromatic N) is 1. The molecule has 0 saturated carbocycles. The van der Waals surface area contributed by atoms with Crippen molar-refractivity contribution in [3.05, 3.63) is 30.6 Å². The van der Waals surface area contributed by atoms with Gasteiger partial charge in [0.15, 0.2) is 0 Å². The Balaban J connectivity index is 0.000000315. The summed E-state index contributed by atoms with van der Waals surface area (Å²) in [4.78, 5) is 3.78. The average molecular weight is 247 g/mol. The molecule has 0 amide bonds. The van der Waals surface area contributed by atoms with Crippen LogP contribution in [0.4, 0.5) is 26.3 Å². The molecule has 0 spiro atoms. The monoisotopic (exact) mass is 247 g/mol. The Bertz CT molecular complexity index is 260. The van der Waals surface area contributed by atoms with Gasteiger partial charge >= 0.3 is 18.5 Å². The van der Waals surface area contributed by atoms with Crippen LogP contribution in [-0.4, -0.2) is 28.5 Å². The molecule has 0 aliphatic heterocycles. The maximum absolute atomic E-state index is 11.4. The standard InChI is InChI=1S/C5H5N.C3H2F6O/c1-2-4-6-5-3-1;4-1(5)2(6,10)3(7,8)9/h1-5H;1,10H. The number of hydrogen-bond acceptors (Lipinski definition) is 2. The zero-order chi connectivity index (χ0) is 12.8. The van der Waals surface area contributed by atoms with E-state index in [0.717, 1.165) is 0 Å². The summed E-state index contributed by atoms with van der Waals surface area (Å²) in [7, 11) is 0. The number of hydrogen-bond donors (Lipinski definition) is 1. The molecular formula is C8H7F6NO. The smallest absolute Gasteiger partial charge is 0.350 e. The van der Waals surface area contributed by atoms with E-state index in [-0.39, 0.29) is 0 Å². The highest BCUT2D eigenvalue weighted by atomic mass is 19.4. The maximum atomic E-state index is 11.4. The van der Waals surface area contributed by atoms with E-state index in [1.807, 2.05) is 18.2 Å². The van der Waals surface area contributed by atoms with Gasteiger partial charge in [-0.2, -0.15) is 17.6 Å².